The van der Waals surface area contributed by atoms with E-state index in [1.165, 1.54) is 19.3 Å². The minimum absolute atomic E-state index is 0.00249. The molecule has 0 aliphatic heterocycles. The van der Waals surface area contributed by atoms with Gasteiger partial charge in [0.25, 0.3) is 0 Å². The molecule has 0 aromatic carbocycles. The maximum atomic E-state index is 11.3. The molecule has 0 radical (unpaired) electrons. The van der Waals surface area contributed by atoms with Gasteiger partial charge in [0.05, 0.1) is 19.5 Å². The summed E-state index contributed by atoms with van der Waals surface area (Å²) in [6, 6.07) is -0.753. The minimum Gasteiger partial charge on any atom is -0.477 e. The van der Waals surface area contributed by atoms with Crippen LogP contribution in [0.2, 0.25) is 0 Å². The summed E-state index contributed by atoms with van der Waals surface area (Å²) in [7, 11) is 0. The van der Waals surface area contributed by atoms with Crippen LogP contribution in [-0.4, -0.2) is 64.8 Å². The standard InChI is InChI=1S/C16H31NO5/c1-3-4-5-6-7-8-13-22-14-17(9-11-18,10-12-19)15(2)16(20)21/h8,13,15,18-19H,3-7,9-12,14H2,1-2H3/p+1/b13-8+. The van der Waals surface area contributed by atoms with Gasteiger partial charge in [0.1, 0.15) is 13.1 Å². The van der Waals surface area contributed by atoms with Crippen molar-refractivity contribution in [3.63, 3.8) is 0 Å². The lowest BCUT2D eigenvalue weighted by Crippen LogP contribution is -2.60. The average molecular weight is 318 g/mol. The van der Waals surface area contributed by atoms with Gasteiger partial charge in [-0.05, 0) is 25.8 Å². The third kappa shape index (κ3) is 7.77. The van der Waals surface area contributed by atoms with Gasteiger partial charge in [-0.2, -0.15) is 0 Å². The van der Waals surface area contributed by atoms with E-state index in [1.54, 1.807) is 13.2 Å². The molecule has 0 bridgehead atoms. The van der Waals surface area contributed by atoms with Crippen molar-refractivity contribution in [3.8, 4) is 0 Å². The monoisotopic (exact) mass is 318 g/mol. The van der Waals surface area contributed by atoms with Gasteiger partial charge in [-0.3, -0.25) is 4.48 Å². The molecule has 130 valence electrons. The summed E-state index contributed by atoms with van der Waals surface area (Å²) < 4.78 is 5.49. The van der Waals surface area contributed by atoms with E-state index in [-0.39, 0.29) is 37.5 Å². The quantitative estimate of drug-likeness (QED) is 0.196. The summed E-state index contributed by atoms with van der Waals surface area (Å²) in [4.78, 5) is 11.3. The highest BCUT2D eigenvalue weighted by molar-refractivity contribution is 5.71. The fourth-order valence-corrected chi connectivity index (χ4v) is 2.39. The lowest BCUT2D eigenvalue weighted by atomic mass is 10.1. The molecule has 1 unspecified atom stereocenters. The molecule has 6 heteroatoms. The van der Waals surface area contributed by atoms with Gasteiger partial charge >= 0.3 is 5.97 Å². The van der Waals surface area contributed by atoms with Crippen molar-refractivity contribution in [1.82, 2.24) is 0 Å². The Hall–Kier alpha value is -1.11. The maximum absolute atomic E-state index is 11.3. The van der Waals surface area contributed by atoms with Crippen LogP contribution in [0.25, 0.3) is 0 Å². The first-order valence-electron chi connectivity index (χ1n) is 8.11. The van der Waals surface area contributed by atoms with E-state index >= 15 is 0 Å². The molecule has 0 rings (SSSR count). The Balaban J connectivity index is 4.45. The number of ether oxygens (including phenoxy) is 1. The van der Waals surface area contributed by atoms with Crippen LogP contribution in [0, 0.1) is 0 Å². The van der Waals surface area contributed by atoms with E-state index in [1.807, 2.05) is 6.08 Å². The van der Waals surface area contributed by atoms with Crippen LogP contribution >= 0.6 is 0 Å². The largest absolute Gasteiger partial charge is 0.477 e. The van der Waals surface area contributed by atoms with Crippen molar-refractivity contribution >= 4 is 5.97 Å². The summed E-state index contributed by atoms with van der Waals surface area (Å²) >= 11 is 0. The molecule has 0 spiro atoms. The van der Waals surface area contributed by atoms with Crippen molar-refractivity contribution in [2.45, 2.75) is 52.0 Å². The van der Waals surface area contributed by atoms with Crippen molar-refractivity contribution < 1.29 is 29.3 Å². The van der Waals surface area contributed by atoms with E-state index in [4.69, 9.17) is 4.74 Å². The van der Waals surface area contributed by atoms with Crippen LogP contribution < -0.4 is 0 Å². The summed E-state index contributed by atoms with van der Waals surface area (Å²) in [6.07, 6.45) is 9.23. The summed E-state index contributed by atoms with van der Waals surface area (Å²) in [6.45, 7) is 4.04. The third-order valence-corrected chi connectivity index (χ3v) is 4.02. The van der Waals surface area contributed by atoms with Crippen molar-refractivity contribution in [2.75, 3.05) is 33.0 Å². The highest BCUT2D eigenvalue weighted by atomic mass is 16.5. The Morgan fingerprint density at radius 2 is 1.82 bits per heavy atom. The van der Waals surface area contributed by atoms with Gasteiger partial charge in [0, 0.05) is 0 Å². The number of hydrogen-bond acceptors (Lipinski definition) is 4. The minimum atomic E-state index is -0.964. The van der Waals surface area contributed by atoms with Crippen LogP contribution in [0.15, 0.2) is 12.3 Å². The van der Waals surface area contributed by atoms with E-state index in [0.717, 1.165) is 12.8 Å². The number of carboxylic acid groups (broad SMARTS) is 1. The first-order valence-corrected chi connectivity index (χ1v) is 8.11. The zero-order valence-electron chi connectivity index (χ0n) is 13.9. The molecule has 1 atom stereocenters. The Morgan fingerprint density at radius 3 is 2.32 bits per heavy atom. The molecule has 0 aromatic rings. The molecular weight excluding hydrogens is 286 g/mol. The van der Waals surface area contributed by atoms with Crippen molar-refractivity contribution in [2.24, 2.45) is 0 Å². The molecule has 22 heavy (non-hydrogen) atoms. The second kappa shape index (κ2) is 12.4. The van der Waals surface area contributed by atoms with Gasteiger partial charge in [-0.1, -0.05) is 26.2 Å². The predicted molar refractivity (Wildman–Crippen MR) is 85.1 cm³/mol. The molecule has 3 N–H and O–H groups in total. The molecule has 6 nitrogen and oxygen atoms in total. The van der Waals surface area contributed by atoms with Crippen molar-refractivity contribution in [1.29, 1.82) is 0 Å². The van der Waals surface area contributed by atoms with Gasteiger partial charge < -0.3 is 20.1 Å². The number of aliphatic hydroxyl groups is 2. The summed E-state index contributed by atoms with van der Waals surface area (Å²) in [5.41, 5.74) is 0. The first-order chi connectivity index (χ1) is 10.5. The molecule has 0 heterocycles. The lowest BCUT2D eigenvalue weighted by molar-refractivity contribution is -0.957. The molecular formula is C16H32NO5+. The Morgan fingerprint density at radius 1 is 1.18 bits per heavy atom. The molecule has 0 aliphatic carbocycles. The second-order valence-electron chi connectivity index (χ2n) is 5.64. The third-order valence-electron chi connectivity index (χ3n) is 4.02. The number of hydrogen-bond donors (Lipinski definition) is 3. The Bertz CT molecular complexity index is 314. The van der Waals surface area contributed by atoms with E-state index in [0.29, 0.717) is 0 Å². The number of quaternary nitrogens is 1. The fourth-order valence-electron chi connectivity index (χ4n) is 2.39. The predicted octanol–water partition coefficient (Wildman–Crippen LogP) is 1.72. The van der Waals surface area contributed by atoms with E-state index < -0.39 is 12.0 Å². The lowest BCUT2D eigenvalue weighted by Gasteiger charge is -2.39. The summed E-state index contributed by atoms with van der Waals surface area (Å²) in [5, 5.41) is 27.7. The average Bonchev–Trinajstić information content (AvgIpc) is 2.49. The molecule has 0 fully saturated rings. The Kier molecular flexibility index (Phi) is 11.8. The van der Waals surface area contributed by atoms with Crippen LogP contribution in [0.5, 0.6) is 0 Å². The van der Waals surface area contributed by atoms with Crippen LogP contribution in [-0.2, 0) is 9.53 Å². The molecule has 0 aromatic heterocycles. The highest BCUT2D eigenvalue weighted by Gasteiger charge is 2.38. The number of aliphatic carboxylic acids is 1. The number of carbonyl (C=O) groups is 1. The Labute approximate surface area is 133 Å². The van der Waals surface area contributed by atoms with Gasteiger partial charge in [-0.15, -0.1) is 0 Å². The first kappa shape index (κ1) is 20.9. The maximum Gasteiger partial charge on any atom is 0.362 e. The molecule has 0 amide bonds. The zero-order valence-corrected chi connectivity index (χ0v) is 13.9. The second-order valence-corrected chi connectivity index (χ2v) is 5.64. The molecule has 0 saturated carbocycles. The van der Waals surface area contributed by atoms with Crippen LogP contribution in [0.3, 0.4) is 0 Å². The van der Waals surface area contributed by atoms with Gasteiger partial charge in [0.2, 0.25) is 6.73 Å². The highest BCUT2D eigenvalue weighted by Crippen LogP contribution is 2.14. The smallest absolute Gasteiger partial charge is 0.362 e. The van der Waals surface area contributed by atoms with Crippen molar-refractivity contribution in [3.05, 3.63) is 12.3 Å². The SMILES string of the molecule is CCCCCC/C=C/OC[N+](CCO)(CCO)C(C)C(=O)O. The topological polar surface area (TPSA) is 87.0 Å². The van der Waals surface area contributed by atoms with Gasteiger partial charge in [-0.25, -0.2) is 4.79 Å². The fraction of sp³-hybridized carbons (Fsp3) is 0.812. The number of rotatable bonds is 14. The number of carboxylic acids is 1. The molecule has 0 saturated heterocycles. The van der Waals surface area contributed by atoms with Gasteiger partial charge in [0.15, 0.2) is 6.04 Å². The van der Waals surface area contributed by atoms with Crippen LogP contribution in [0.4, 0.5) is 0 Å². The number of nitrogens with zero attached hydrogens (tertiary/aromatic N) is 1. The summed E-state index contributed by atoms with van der Waals surface area (Å²) in [5.74, 6) is -0.964. The number of aliphatic hydroxyl groups excluding tert-OH is 2. The normalized spacial score (nSPS) is 13.5. The number of allylic oxidation sites excluding steroid dienone is 1. The van der Waals surface area contributed by atoms with E-state index in [9.17, 15) is 20.1 Å². The zero-order chi connectivity index (χ0) is 16.8. The van der Waals surface area contributed by atoms with E-state index in [2.05, 4.69) is 6.92 Å². The molecule has 0 aliphatic rings. The number of unbranched alkanes of at least 4 members (excludes halogenated alkanes) is 4. The van der Waals surface area contributed by atoms with Crippen LogP contribution in [0.1, 0.15) is 46.0 Å².